The van der Waals surface area contributed by atoms with Crippen molar-refractivity contribution in [1.82, 2.24) is 5.32 Å². The summed E-state index contributed by atoms with van der Waals surface area (Å²) >= 11 is 1.11. The largest absolute Gasteiger partial charge is 0.465 e. The van der Waals surface area contributed by atoms with E-state index in [1.165, 1.54) is 6.26 Å². The van der Waals surface area contributed by atoms with Gasteiger partial charge in [0.15, 0.2) is 5.17 Å². The van der Waals surface area contributed by atoms with E-state index in [4.69, 9.17) is 4.42 Å². The second-order valence-corrected chi connectivity index (χ2v) is 5.20. The molecule has 2 heterocycles. The SMILES string of the molecule is O=C1NC(=NC(=O)c2ccccc2)S/C1=C\c1ccco1. The zero-order valence-electron chi connectivity index (χ0n) is 10.8. The van der Waals surface area contributed by atoms with Crippen molar-refractivity contribution in [3.05, 3.63) is 65.0 Å². The van der Waals surface area contributed by atoms with Gasteiger partial charge in [-0.15, -0.1) is 0 Å². The summed E-state index contributed by atoms with van der Waals surface area (Å²) in [4.78, 5) is 28.1. The summed E-state index contributed by atoms with van der Waals surface area (Å²) in [5, 5.41) is 2.83. The highest BCUT2D eigenvalue weighted by molar-refractivity contribution is 8.18. The van der Waals surface area contributed by atoms with Gasteiger partial charge in [0.05, 0.1) is 11.2 Å². The number of hydrogen-bond acceptors (Lipinski definition) is 4. The standard InChI is InChI=1S/C15H10N2O3S/c18-13(10-5-2-1-3-6-10)16-15-17-14(19)12(21-15)9-11-7-4-8-20-11/h1-9H,(H,16,17,18,19)/b12-9-. The Kier molecular flexibility index (Phi) is 3.70. The van der Waals surface area contributed by atoms with Crippen molar-refractivity contribution in [2.24, 2.45) is 4.99 Å². The van der Waals surface area contributed by atoms with Crippen molar-refractivity contribution in [2.75, 3.05) is 0 Å². The molecule has 1 saturated heterocycles. The Bertz CT molecular complexity index is 734. The molecule has 2 amide bonds. The molecule has 104 valence electrons. The number of nitrogens with one attached hydrogen (secondary N) is 1. The van der Waals surface area contributed by atoms with Crippen LogP contribution in [-0.4, -0.2) is 17.0 Å². The number of benzene rings is 1. The molecular formula is C15H10N2O3S. The number of aliphatic imine (C=N–C) groups is 1. The number of amidine groups is 1. The van der Waals surface area contributed by atoms with E-state index < -0.39 is 5.91 Å². The van der Waals surface area contributed by atoms with Crippen LogP contribution in [0.25, 0.3) is 6.08 Å². The molecule has 21 heavy (non-hydrogen) atoms. The van der Waals surface area contributed by atoms with Gasteiger partial charge < -0.3 is 9.73 Å². The van der Waals surface area contributed by atoms with E-state index in [0.717, 1.165) is 11.8 Å². The number of rotatable bonds is 2. The minimum Gasteiger partial charge on any atom is -0.465 e. The molecule has 3 rings (SSSR count). The van der Waals surface area contributed by atoms with Crippen LogP contribution < -0.4 is 5.32 Å². The Morgan fingerprint density at radius 2 is 2.00 bits per heavy atom. The van der Waals surface area contributed by atoms with E-state index in [2.05, 4.69) is 10.3 Å². The number of carbonyl (C=O) groups is 2. The van der Waals surface area contributed by atoms with Crippen LogP contribution in [0.1, 0.15) is 16.1 Å². The molecule has 0 aliphatic carbocycles. The average Bonchev–Trinajstić information content (AvgIpc) is 3.11. The summed E-state index contributed by atoms with van der Waals surface area (Å²) in [6.45, 7) is 0. The molecule has 0 spiro atoms. The first kappa shape index (κ1) is 13.4. The van der Waals surface area contributed by atoms with Gasteiger partial charge in [-0.3, -0.25) is 9.59 Å². The van der Waals surface area contributed by atoms with Gasteiger partial charge >= 0.3 is 0 Å². The maximum atomic E-state index is 11.9. The monoisotopic (exact) mass is 298 g/mol. The van der Waals surface area contributed by atoms with E-state index in [1.807, 2.05) is 6.07 Å². The molecule has 1 aliphatic heterocycles. The topological polar surface area (TPSA) is 71.7 Å². The van der Waals surface area contributed by atoms with Gasteiger partial charge in [0.25, 0.3) is 11.8 Å². The van der Waals surface area contributed by atoms with E-state index >= 15 is 0 Å². The Labute approximate surface area is 124 Å². The van der Waals surface area contributed by atoms with E-state index in [1.54, 1.807) is 42.5 Å². The summed E-state index contributed by atoms with van der Waals surface area (Å²) < 4.78 is 5.15. The van der Waals surface area contributed by atoms with Crippen LogP contribution in [0.5, 0.6) is 0 Å². The third kappa shape index (κ3) is 3.11. The van der Waals surface area contributed by atoms with Crippen LogP contribution in [0, 0.1) is 0 Å². The Balaban J connectivity index is 1.78. The molecule has 1 aromatic heterocycles. The zero-order valence-corrected chi connectivity index (χ0v) is 11.6. The number of furan rings is 1. The van der Waals surface area contributed by atoms with E-state index in [0.29, 0.717) is 16.2 Å². The van der Waals surface area contributed by atoms with Gasteiger partial charge in [0.1, 0.15) is 5.76 Å². The number of carbonyl (C=O) groups excluding carboxylic acids is 2. The van der Waals surface area contributed by atoms with Crippen LogP contribution in [0.4, 0.5) is 0 Å². The predicted molar refractivity (Wildman–Crippen MR) is 80.6 cm³/mol. The Hall–Kier alpha value is -2.60. The van der Waals surface area contributed by atoms with Gasteiger partial charge in [-0.1, -0.05) is 18.2 Å². The molecular weight excluding hydrogens is 288 g/mol. The molecule has 0 radical (unpaired) electrons. The molecule has 0 unspecified atom stereocenters. The smallest absolute Gasteiger partial charge is 0.279 e. The number of nitrogens with zero attached hydrogens (tertiary/aromatic N) is 1. The Morgan fingerprint density at radius 1 is 1.19 bits per heavy atom. The molecule has 6 heteroatoms. The molecule has 0 bridgehead atoms. The van der Waals surface area contributed by atoms with Crippen molar-refractivity contribution in [3.8, 4) is 0 Å². The minimum absolute atomic E-state index is 0.270. The average molecular weight is 298 g/mol. The van der Waals surface area contributed by atoms with Gasteiger partial charge in [-0.25, -0.2) is 0 Å². The summed E-state index contributed by atoms with van der Waals surface area (Å²) in [7, 11) is 0. The maximum absolute atomic E-state index is 11.9. The second-order valence-electron chi connectivity index (χ2n) is 4.17. The van der Waals surface area contributed by atoms with E-state index in [-0.39, 0.29) is 11.1 Å². The fourth-order valence-electron chi connectivity index (χ4n) is 1.72. The molecule has 1 fully saturated rings. The zero-order chi connectivity index (χ0) is 14.7. The maximum Gasteiger partial charge on any atom is 0.279 e. The highest BCUT2D eigenvalue weighted by Crippen LogP contribution is 2.26. The first-order chi connectivity index (χ1) is 10.2. The molecule has 1 N–H and O–H groups in total. The summed E-state index contributed by atoms with van der Waals surface area (Å²) in [5.74, 6) is -0.114. The lowest BCUT2D eigenvalue weighted by molar-refractivity contribution is -0.115. The second kappa shape index (κ2) is 5.80. The molecule has 0 saturated carbocycles. The lowest BCUT2D eigenvalue weighted by Gasteiger charge is -1.95. The molecule has 1 aliphatic rings. The summed E-state index contributed by atoms with van der Waals surface area (Å²) in [5.41, 5.74) is 0.475. The van der Waals surface area contributed by atoms with Crippen molar-refractivity contribution in [2.45, 2.75) is 0 Å². The van der Waals surface area contributed by atoms with Crippen molar-refractivity contribution in [3.63, 3.8) is 0 Å². The predicted octanol–water partition coefficient (Wildman–Crippen LogP) is 2.68. The lowest BCUT2D eigenvalue weighted by atomic mass is 10.2. The van der Waals surface area contributed by atoms with Crippen LogP contribution in [0.15, 0.2) is 63.0 Å². The van der Waals surface area contributed by atoms with Crippen molar-refractivity contribution in [1.29, 1.82) is 0 Å². The summed E-state index contributed by atoms with van der Waals surface area (Å²) in [6.07, 6.45) is 3.13. The number of amides is 2. The van der Waals surface area contributed by atoms with Crippen molar-refractivity contribution < 1.29 is 14.0 Å². The highest BCUT2D eigenvalue weighted by atomic mass is 32.2. The highest BCUT2D eigenvalue weighted by Gasteiger charge is 2.25. The first-order valence-electron chi connectivity index (χ1n) is 6.15. The summed E-state index contributed by atoms with van der Waals surface area (Å²) in [6, 6.07) is 12.2. The van der Waals surface area contributed by atoms with E-state index in [9.17, 15) is 9.59 Å². The normalized spacial score (nSPS) is 18.2. The van der Waals surface area contributed by atoms with Crippen LogP contribution in [-0.2, 0) is 4.79 Å². The van der Waals surface area contributed by atoms with Gasteiger partial charge in [0, 0.05) is 11.6 Å². The van der Waals surface area contributed by atoms with Gasteiger partial charge in [-0.05, 0) is 36.0 Å². The van der Waals surface area contributed by atoms with Crippen molar-refractivity contribution >= 4 is 34.8 Å². The van der Waals surface area contributed by atoms with Crippen LogP contribution >= 0.6 is 11.8 Å². The number of thioether (sulfide) groups is 1. The molecule has 2 aromatic rings. The van der Waals surface area contributed by atoms with Gasteiger partial charge in [0.2, 0.25) is 0 Å². The number of hydrogen-bond donors (Lipinski definition) is 1. The molecule has 1 aromatic carbocycles. The fraction of sp³-hybridized carbons (Fsp3) is 0. The third-order valence-electron chi connectivity index (χ3n) is 2.69. The first-order valence-corrected chi connectivity index (χ1v) is 6.96. The van der Waals surface area contributed by atoms with Crippen LogP contribution in [0.2, 0.25) is 0 Å². The third-order valence-corrected chi connectivity index (χ3v) is 3.60. The Morgan fingerprint density at radius 3 is 2.71 bits per heavy atom. The lowest BCUT2D eigenvalue weighted by Crippen LogP contribution is -2.20. The van der Waals surface area contributed by atoms with Crippen LogP contribution in [0.3, 0.4) is 0 Å². The fourth-order valence-corrected chi connectivity index (χ4v) is 2.52. The molecule has 5 nitrogen and oxygen atoms in total. The quantitative estimate of drug-likeness (QED) is 0.865. The van der Waals surface area contributed by atoms with Gasteiger partial charge in [-0.2, -0.15) is 4.99 Å². The molecule has 0 atom stereocenters. The minimum atomic E-state index is -0.391.